The number of aromatic nitrogens is 3. The fourth-order valence-corrected chi connectivity index (χ4v) is 4.55. The molecule has 0 radical (unpaired) electrons. The highest BCUT2D eigenvalue weighted by Crippen LogP contribution is 2.36. The summed E-state index contributed by atoms with van der Waals surface area (Å²) in [6, 6.07) is 15.0. The van der Waals surface area contributed by atoms with Crippen LogP contribution in [0.4, 0.5) is 26.1 Å². The highest BCUT2D eigenvalue weighted by atomic mass is 19.3. The van der Waals surface area contributed by atoms with Gasteiger partial charge in [-0.1, -0.05) is 45.0 Å². The number of carbonyl (C=O) groups excluding carboxylic acids is 2. The van der Waals surface area contributed by atoms with Crippen LogP contribution in [0.2, 0.25) is 0 Å². The summed E-state index contributed by atoms with van der Waals surface area (Å²) in [5.74, 6) is -0.590. The first kappa shape index (κ1) is 26.0. The lowest BCUT2D eigenvalue weighted by Crippen LogP contribution is -2.14. The molecular formula is C29H28F2N6O2. The highest BCUT2D eigenvalue weighted by molar-refractivity contribution is 6.06. The van der Waals surface area contributed by atoms with E-state index in [-0.39, 0.29) is 27.9 Å². The van der Waals surface area contributed by atoms with E-state index in [1.54, 1.807) is 28.9 Å². The van der Waals surface area contributed by atoms with Crippen LogP contribution in [0, 0.1) is 0 Å². The smallest absolute Gasteiger partial charge is 0.264 e. The van der Waals surface area contributed by atoms with Crippen molar-refractivity contribution in [3.05, 3.63) is 88.6 Å². The van der Waals surface area contributed by atoms with Crippen molar-refractivity contribution in [2.24, 2.45) is 5.73 Å². The van der Waals surface area contributed by atoms with Gasteiger partial charge in [0.05, 0.1) is 0 Å². The summed E-state index contributed by atoms with van der Waals surface area (Å²) in [7, 11) is 0. The minimum Gasteiger partial charge on any atom is -0.365 e. The zero-order valence-electron chi connectivity index (χ0n) is 21.8. The molecule has 0 bridgehead atoms. The van der Waals surface area contributed by atoms with Gasteiger partial charge in [0.15, 0.2) is 0 Å². The van der Waals surface area contributed by atoms with Crippen LogP contribution < -0.4 is 16.4 Å². The van der Waals surface area contributed by atoms with Gasteiger partial charge in [-0.25, -0.2) is 18.4 Å². The van der Waals surface area contributed by atoms with E-state index in [4.69, 9.17) is 10.8 Å². The Morgan fingerprint density at radius 2 is 1.82 bits per heavy atom. The van der Waals surface area contributed by atoms with Crippen LogP contribution in [-0.4, -0.2) is 26.6 Å². The summed E-state index contributed by atoms with van der Waals surface area (Å²) in [4.78, 5) is 29.2. The monoisotopic (exact) mass is 530 g/mol. The van der Waals surface area contributed by atoms with Crippen molar-refractivity contribution >= 4 is 29.1 Å². The van der Waals surface area contributed by atoms with Crippen LogP contribution in [0.5, 0.6) is 0 Å². The fraction of sp³-hybridized carbons (Fsp3) is 0.241. The molecule has 4 N–H and O–H groups in total. The van der Waals surface area contributed by atoms with Gasteiger partial charge in [-0.15, -0.1) is 0 Å². The van der Waals surface area contributed by atoms with Crippen molar-refractivity contribution in [1.82, 2.24) is 14.8 Å². The molecule has 200 valence electrons. The average Bonchev–Trinajstić information content (AvgIpc) is 3.16. The number of primary amides is 1. The Hall–Kier alpha value is -4.60. The van der Waals surface area contributed by atoms with Crippen molar-refractivity contribution in [2.45, 2.75) is 45.6 Å². The number of halogens is 2. The topological polar surface area (TPSA) is 115 Å². The van der Waals surface area contributed by atoms with E-state index < -0.39 is 18.2 Å². The van der Waals surface area contributed by atoms with Gasteiger partial charge in [0.25, 0.3) is 18.2 Å². The summed E-state index contributed by atoms with van der Waals surface area (Å²) in [6.07, 6.45) is -0.737. The first-order valence-electron chi connectivity index (χ1n) is 12.5. The van der Waals surface area contributed by atoms with E-state index in [2.05, 4.69) is 48.5 Å². The van der Waals surface area contributed by atoms with Crippen molar-refractivity contribution in [3.8, 4) is 11.3 Å². The molecule has 0 saturated carbocycles. The first-order chi connectivity index (χ1) is 18.5. The molecule has 10 heteroatoms. The third-order valence-electron chi connectivity index (χ3n) is 6.71. The summed E-state index contributed by atoms with van der Waals surface area (Å²) < 4.78 is 27.7. The Morgan fingerprint density at radius 1 is 1.08 bits per heavy atom. The number of alkyl halides is 2. The number of carbonyl (C=O) groups is 2. The molecule has 8 nitrogen and oxygen atoms in total. The number of hydrogen-bond acceptors (Lipinski definition) is 5. The normalized spacial score (nSPS) is 12.8. The molecule has 0 unspecified atom stereocenters. The molecular weight excluding hydrogens is 502 g/mol. The maximum absolute atomic E-state index is 13.0. The lowest BCUT2D eigenvalue weighted by Gasteiger charge is -2.21. The van der Waals surface area contributed by atoms with Crippen molar-refractivity contribution in [3.63, 3.8) is 0 Å². The number of rotatable bonds is 5. The lowest BCUT2D eigenvalue weighted by molar-refractivity contribution is 0.0998. The third kappa shape index (κ3) is 5.22. The van der Waals surface area contributed by atoms with E-state index in [1.807, 2.05) is 6.07 Å². The number of aryl methyl sites for hydroxylation is 2. The number of fused-ring (bicyclic) bond motifs is 2. The van der Waals surface area contributed by atoms with Gasteiger partial charge >= 0.3 is 0 Å². The zero-order valence-corrected chi connectivity index (χ0v) is 21.8. The number of amides is 2. The Kier molecular flexibility index (Phi) is 6.63. The predicted molar refractivity (Wildman–Crippen MR) is 145 cm³/mol. The molecule has 1 aliphatic rings. The van der Waals surface area contributed by atoms with E-state index in [1.165, 1.54) is 17.8 Å². The minimum atomic E-state index is -2.67. The zero-order chi connectivity index (χ0) is 27.9. The standard InChI is InChI=1S/C29H28F2N6O2/c1-29(2,3)20-8-9-21-18(14-20)11-13-37-27(34-21)23(26(32)38)24(36-37)16-4-6-17(7-5-16)28(39)35-22-15-19(25(30)31)10-12-33-22/h4-10,12,14-15,25,34H,11,13H2,1-3H3,(H2,32,38)(H,33,35,39). The summed E-state index contributed by atoms with van der Waals surface area (Å²) in [6.45, 7) is 7.04. The number of nitrogens with one attached hydrogen (secondary N) is 2. The number of nitrogens with two attached hydrogens (primary N) is 1. The first-order valence-corrected chi connectivity index (χ1v) is 12.5. The Bertz CT molecular complexity index is 1570. The molecule has 2 amide bonds. The summed E-state index contributed by atoms with van der Waals surface area (Å²) >= 11 is 0. The number of hydrogen-bond donors (Lipinski definition) is 3. The van der Waals surface area contributed by atoms with Gasteiger partial charge in [0.1, 0.15) is 22.9 Å². The molecule has 3 heterocycles. The second kappa shape index (κ2) is 9.94. The van der Waals surface area contributed by atoms with E-state index >= 15 is 0 Å². The summed E-state index contributed by atoms with van der Waals surface area (Å²) in [5.41, 5.74) is 10.4. The van der Waals surface area contributed by atoms with Crippen LogP contribution in [0.1, 0.15) is 64.6 Å². The van der Waals surface area contributed by atoms with E-state index in [9.17, 15) is 18.4 Å². The summed E-state index contributed by atoms with van der Waals surface area (Å²) in [5, 5.41) is 10.6. The maximum atomic E-state index is 13.0. The van der Waals surface area contributed by atoms with Crippen LogP contribution in [0.15, 0.2) is 60.8 Å². The Labute approximate surface area is 224 Å². The van der Waals surface area contributed by atoms with Crippen LogP contribution in [0.25, 0.3) is 11.3 Å². The molecule has 2 aromatic heterocycles. The lowest BCUT2D eigenvalue weighted by atomic mass is 9.85. The van der Waals surface area contributed by atoms with Crippen molar-refractivity contribution in [2.75, 3.05) is 10.6 Å². The number of anilines is 3. The van der Waals surface area contributed by atoms with Gasteiger partial charge < -0.3 is 16.4 Å². The average molecular weight is 531 g/mol. The molecule has 2 aromatic carbocycles. The van der Waals surface area contributed by atoms with Gasteiger partial charge in [-0.2, -0.15) is 5.10 Å². The largest absolute Gasteiger partial charge is 0.365 e. The van der Waals surface area contributed by atoms with Crippen LogP contribution in [-0.2, 0) is 18.4 Å². The van der Waals surface area contributed by atoms with Crippen LogP contribution in [0.3, 0.4) is 0 Å². The molecule has 0 aliphatic carbocycles. The van der Waals surface area contributed by atoms with Gasteiger partial charge in [-0.05, 0) is 53.3 Å². The molecule has 0 atom stereocenters. The molecule has 5 rings (SSSR count). The number of pyridine rings is 1. The fourth-order valence-electron chi connectivity index (χ4n) is 4.55. The molecule has 0 saturated heterocycles. The van der Waals surface area contributed by atoms with Gasteiger partial charge in [-0.3, -0.25) is 9.59 Å². The highest BCUT2D eigenvalue weighted by Gasteiger charge is 2.27. The van der Waals surface area contributed by atoms with Gasteiger partial charge in [0.2, 0.25) is 0 Å². The number of nitrogens with zero attached hydrogens (tertiary/aromatic N) is 3. The van der Waals surface area contributed by atoms with E-state index in [0.29, 0.717) is 23.6 Å². The van der Waals surface area contributed by atoms with E-state index in [0.717, 1.165) is 23.7 Å². The molecule has 4 aromatic rings. The van der Waals surface area contributed by atoms with Gasteiger partial charge in [0, 0.05) is 35.1 Å². The molecule has 1 aliphatic heterocycles. The number of benzene rings is 2. The Balaban J connectivity index is 1.42. The second-order valence-corrected chi connectivity index (χ2v) is 10.5. The van der Waals surface area contributed by atoms with Crippen molar-refractivity contribution in [1.29, 1.82) is 0 Å². The molecule has 0 fully saturated rings. The second-order valence-electron chi connectivity index (χ2n) is 10.5. The van der Waals surface area contributed by atoms with Crippen LogP contribution >= 0.6 is 0 Å². The minimum absolute atomic E-state index is 0.00985. The SMILES string of the molecule is CC(C)(C)c1ccc2c(c1)CCn1nc(-c3ccc(C(=O)Nc4cc(C(F)F)ccn4)cc3)c(C(N)=O)c1N2. The molecule has 39 heavy (non-hydrogen) atoms. The quantitative estimate of drug-likeness (QED) is 0.300. The van der Waals surface area contributed by atoms with Crippen molar-refractivity contribution < 1.29 is 18.4 Å². The molecule has 0 spiro atoms. The Morgan fingerprint density at radius 3 is 2.49 bits per heavy atom. The third-order valence-corrected chi connectivity index (χ3v) is 6.71. The predicted octanol–water partition coefficient (Wildman–Crippen LogP) is 5.83. The maximum Gasteiger partial charge on any atom is 0.264 e.